The maximum Gasteiger partial charge on any atom is 0.0849 e. The zero-order chi connectivity index (χ0) is 15.8. The third kappa shape index (κ3) is 3.09. The van der Waals surface area contributed by atoms with Crippen molar-refractivity contribution in [2.75, 3.05) is 11.3 Å². The van der Waals surface area contributed by atoms with Gasteiger partial charge < -0.3 is 10.0 Å². The van der Waals surface area contributed by atoms with Gasteiger partial charge in [-0.05, 0) is 84.2 Å². The summed E-state index contributed by atoms with van der Waals surface area (Å²) in [7, 11) is 0. The molecule has 0 aliphatic carbocycles. The van der Waals surface area contributed by atoms with Gasteiger partial charge in [0.05, 0.1) is 4.21 Å². The summed E-state index contributed by atoms with van der Waals surface area (Å²) in [5.41, 5.74) is 5.32. The van der Waals surface area contributed by atoms with Crippen molar-refractivity contribution in [2.24, 2.45) is 0 Å². The molecule has 118 valence electrons. The van der Waals surface area contributed by atoms with Crippen molar-refractivity contribution in [3.63, 3.8) is 0 Å². The largest absolute Gasteiger partial charge is 0.325 e. The zero-order valence-corrected chi connectivity index (χ0v) is 15.2. The van der Waals surface area contributed by atoms with Crippen molar-refractivity contribution in [3.8, 4) is 0 Å². The summed E-state index contributed by atoms with van der Waals surface area (Å²) in [5.74, 6) is 0. The quantitative estimate of drug-likeness (QED) is 0.592. The fourth-order valence-corrected chi connectivity index (χ4v) is 5.17. The van der Waals surface area contributed by atoms with E-state index in [-0.39, 0.29) is 0 Å². The predicted octanol–water partition coefficient (Wildman–Crippen LogP) is 5.63. The van der Waals surface area contributed by atoms with E-state index in [0.717, 1.165) is 30.2 Å². The normalized spacial score (nSPS) is 14.0. The highest BCUT2D eigenvalue weighted by Gasteiger charge is 2.11. The third-order valence-electron chi connectivity index (χ3n) is 4.21. The maximum absolute atomic E-state index is 6.12. The van der Waals surface area contributed by atoms with E-state index in [1.54, 1.807) is 11.9 Å². The standard InChI is InChI=1S/C18H17ClN2S2/c1-11-16-9-14(19)3-5-17(16)22-18(11)23-21-15-4-2-12-6-7-20-10-13(12)8-15/h2-5,8-9,20-21H,6-7,10H2,1H3. The minimum atomic E-state index is 0.796. The molecule has 3 aromatic rings. The lowest BCUT2D eigenvalue weighted by molar-refractivity contribution is 0.644. The Bertz CT molecular complexity index is 873. The number of hydrogen-bond acceptors (Lipinski definition) is 4. The van der Waals surface area contributed by atoms with Gasteiger partial charge in [-0.3, -0.25) is 0 Å². The highest BCUT2D eigenvalue weighted by Crippen LogP contribution is 2.39. The Labute approximate surface area is 149 Å². The zero-order valence-electron chi connectivity index (χ0n) is 12.8. The second-order valence-corrected chi connectivity index (χ2v) is 8.33. The van der Waals surface area contributed by atoms with Crippen molar-refractivity contribution in [3.05, 3.63) is 58.1 Å². The van der Waals surface area contributed by atoms with E-state index < -0.39 is 0 Å². The average Bonchev–Trinajstić information content (AvgIpc) is 2.89. The molecule has 0 radical (unpaired) electrons. The van der Waals surface area contributed by atoms with Crippen molar-refractivity contribution >= 4 is 50.7 Å². The number of halogens is 1. The minimum absolute atomic E-state index is 0.796. The van der Waals surface area contributed by atoms with E-state index in [9.17, 15) is 0 Å². The Hall–Kier alpha value is -1.20. The van der Waals surface area contributed by atoms with Crippen LogP contribution in [0.4, 0.5) is 5.69 Å². The number of benzene rings is 2. The molecule has 0 saturated heterocycles. The Morgan fingerprint density at radius 3 is 3.00 bits per heavy atom. The van der Waals surface area contributed by atoms with Crippen LogP contribution in [-0.2, 0) is 13.0 Å². The number of anilines is 1. The van der Waals surface area contributed by atoms with Gasteiger partial charge in [-0.2, -0.15) is 0 Å². The van der Waals surface area contributed by atoms with Gasteiger partial charge >= 0.3 is 0 Å². The summed E-state index contributed by atoms with van der Waals surface area (Å²) in [4.78, 5) is 0. The number of nitrogens with one attached hydrogen (secondary N) is 2. The molecule has 1 aliphatic rings. The summed E-state index contributed by atoms with van der Waals surface area (Å²) in [6.07, 6.45) is 1.12. The maximum atomic E-state index is 6.12. The lowest BCUT2D eigenvalue weighted by Gasteiger charge is -2.18. The van der Waals surface area contributed by atoms with Gasteiger partial charge in [0, 0.05) is 22.0 Å². The number of thiophene rings is 1. The first-order valence-electron chi connectivity index (χ1n) is 7.65. The molecule has 0 atom stereocenters. The van der Waals surface area contributed by atoms with Crippen LogP contribution < -0.4 is 10.0 Å². The molecule has 0 amide bonds. The van der Waals surface area contributed by atoms with E-state index in [4.69, 9.17) is 11.6 Å². The molecular weight excluding hydrogens is 344 g/mol. The van der Waals surface area contributed by atoms with Crippen molar-refractivity contribution in [1.29, 1.82) is 0 Å². The van der Waals surface area contributed by atoms with Gasteiger partial charge in [-0.15, -0.1) is 11.3 Å². The van der Waals surface area contributed by atoms with E-state index in [1.807, 2.05) is 17.4 Å². The average molecular weight is 361 g/mol. The van der Waals surface area contributed by atoms with Crippen LogP contribution in [-0.4, -0.2) is 6.54 Å². The van der Waals surface area contributed by atoms with Crippen LogP contribution in [0.5, 0.6) is 0 Å². The molecule has 2 heterocycles. The Morgan fingerprint density at radius 1 is 1.17 bits per heavy atom. The molecule has 0 spiro atoms. The molecule has 0 bridgehead atoms. The van der Waals surface area contributed by atoms with Gasteiger partial charge in [0.15, 0.2) is 0 Å². The van der Waals surface area contributed by atoms with Crippen molar-refractivity contribution < 1.29 is 0 Å². The first kappa shape index (κ1) is 15.3. The predicted molar refractivity (Wildman–Crippen MR) is 103 cm³/mol. The van der Waals surface area contributed by atoms with E-state index >= 15 is 0 Å². The lowest BCUT2D eigenvalue weighted by atomic mass is 10.0. The Kier molecular flexibility index (Phi) is 4.24. The summed E-state index contributed by atoms with van der Waals surface area (Å²) in [6, 6.07) is 12.8. The molecule has 1 aromatic heterocycles. The summed E-state index contributed by atoms with van der Waals surface area (Å²) >= 11 is 9.61. The molecule has 4 rings (SSSR count). The third-order valence-corrected chi connectivity index (χ3v) is 6.84. The molecule has 0 unspecified atom stereocenters. The van der Waals surface area contributed by atoms with Crippen LogP contribution in [0, 0.1) is 6.92 Å². The highest BCUT2D eigenvalue weighted by molar-refractivity contribution is 8.02. The van der Waals surface area contributed by atoms with Crippen LogP contribution in [0.25, 0.3) is 10.1 Å². The Morgan fingerprint density at radius 2 is 2.09 bits per heavy atom. The smallest absolute Gasteiger partial charge is 0.0849 e. The highest BCUT2D eigenvalue weighted by atomic mass is 35.5. The van der Waals surface area contributed by atoms with E-state index in [2.05, 4.69) is 47.3 Å². The summed E-state index contributed by atoms with van der Waals surface area (Å²) < 4.78 is 6.07. The SMILES string of the molecule is Cc1c(SNc2ccc3c(c2)CNCC3)sc2ccc(Cl)cc12. The van der Waals surface area contributed by atoms with E-state index in [0.29, 0.717) is 0 Å². The van der Waals surface area contributed by atoms with Crippen LogP contribution in [0.2, 0.25) is 5.02 Å². The summed E-state index contributed by atoms with van der Waals surface area (Å²) in [5, 5.41) is 5.48. The minimum Gasteiger partial charge on any atom is -0.325 e. The molecule has 2 aromatic carbocycles. The molecule has 5 heteroatoms. The molecular formula is C18H17ClN2S2. The molecule has 0 fully saturated rings. The van der Waals surface area contributed by atoms with Gasteiger partial charge in [0.2, 0.25) is 0 Å². The van der Waals surface area contributed by atoms with Crippen LogP contribution in [0.1, 0.15) is 16.7 Å². The van der Waals surface area contributed by atoms with E-state index in [1.165, 1.54) is 31.0 Å². The van der Waals surface area contributed by atoms with Gasteiger partial charge in [0.1, 0.15) is 0 Å². The second kappa shape index (κ2) is 6.36. The first-order chi connectivity index (χ1) is 11.2. The lowest BCUT2D eigenvalue weighted by Crippen LogP contribution is -2.23. The van der Waals surface area contributed by atoms with Crippen LogP contribution in [0.15, 0.2) is 40.6 Å². The van der Waals surface area contributed by atoms with Crippen molar-refractivity contribution in [1.82, 2.24) is 5.32 Å². The topological polar surface area (TPSA) is 24.1 Å². The Balaban J connectivity index is 1.56. The molecule has 2 nitrogen and oxygen atoms in total. The number of rotatable bonds is 3. The van der Waals surface area contributed by atoms with Crippen molar-refractivity contribution in [2.45, 2.75) is 24.1 Å². The van der Waals surface area contributed by atoms with Gasteiger partial charge in [0.25, 0.3) is 0 Å². The molecule has 23 heavy (non-hydrogen) atoms. The molecule has 0 saturated carbocycles. The van der Waals surface area contributed by atoms with Gasteiger partial charge in [-0.25, -0.2) is 0 Å². The van der Waals surface area contributed by atoms with Crippen LogP contribution >= 0.6 is 34.9 Å². The monoisotopic (exact) mass is 360 g/mol. The first-order valence-corrected chi connectivity index (χ1v) is 9.66. The molecule has 1 aliphatic heterocycles. The number of fused-ring (bicyclic) bond motifs is 2. The van der Waals surface area contributed by atoms with Crippen LogP contribution in [0.3, 0.4) is 0 Å². The fourth-order valence-electron chi connectivity index (χ4n) is 2.92. The molecule has 2 N–H and O–H groups in total. The van der Waals surface area contributed by atoms with Gasteiger partial charge in [-0.1, -0.05) is 17.7 Å². The summed E-state index contributed by atoms with van der Waals surface area (Å²) in [6.45, 7) is 4.21. The number of hydrogen-bond donors (Lipinski definition) is 2. The number of aryl methyl sites for hydroxylation is 1. The fraction of sp³-hybridized carbons (Fsp3) is 0.222. The second-order valence-electron chi connectivity index (χ2n) is 5.77.